The Bertz CT molecular complexity index is 474. The molecule has 0 bridgehead atoms. The smallest absolute Gasteiger partial charge is 0.319 e. The van der Waals surface area contributed by atoms with Gasteiger partial charge in [0.2, 0.25) is 0 Å². The second kappa shape index (κ2) is 9.54. The third-order valence-electron chi connectivity index (χ3n) is 3.85. The zero-order valence-electron chi connectivity index (χ0n) is 13.3. The Morgan fingerprint density at radius 2 is 2.18 bits per heavy atom. The van der Waals surface area contributed by atoms with Gasteiger partial charge in [0.1, 0.15) is 5.75 Å². The normalized spacial score (nSPS) is 17.8. The molecule has 22 heavy (non-hydrogen) atoms. The standard InChI is InChI=1S/C16H25N3O2.ClH/c1-12-10-14(21-2)7-8-15(12)19-16(20)18-11-13-6-4-3-5-9-17-13;/h7-8,10,13,17H,3-6,9,11H2,1-2H3,(H2,18,19,20);1H. The molecule has 5 nitrogen and oxygen atoms in total. The summed E-state index contributed by atoms with van der Waals surface area (Å²) in [4.78, 5) is 12.0. The van der Waals surface area contributed by atoms with E-state index in [9.17, 15) is 4.79 Å². The third kappa shape index (κ3) is 5.73. The van der Waals surface area contributed by atoms with E-state index in [0.29, 0.717) is 12.6 Å². The van der Waals surface area contributed by atoms with Gasteiger partial charge in [-0.25, -0.2) is 4.79 Å². The number of anilines is 1. The highest BCUT2D eigenvalue weighted by Gasteiger charge is 2.12. The Balaban J connectivity index is 0.00000242. The van der Waals surface area contributed by atoms with Gasteiger partial charge in [-0.2, -0.15) is 0 Å². The summed E-state index contributed by atoms with van der Waals surface area (Å²) >= 11 is 0. The Labute approximate surface area is 138 Å². The quantitative estimate of drug-likeness (QED) is 0.796. The van der Waals surface area contributed by atoms with Crippen LogP contribution in [0.25, 0.3) is 0 Å². The van der Waals surface area contributed by atoms with E-state index in [0.717, 1.165) is 30.0 Å². The van der Waals surface area contributed by atoms with Crippen LogP contribution in [0, 0.1) is 6.92 Å². The minimum Gasteiger partial charge on any atom is -0.497 e. The van der Waals surface area contributed by atoms with Crippen molar-refractivity contribution in [3.63, 3.8) is 0 Å². The zero-order valence-corrected chi connectivity index (χ0v) is 14.1. The van der Waals surface area contributed by atoms with Crippen LogP contribution < -0.4 is 20.7 Å². The molecular weight excluding hydrogens is 302 g/mol. The monoisotopic (exact) mass is 327 g/mol. The number of carbonyl (C=O) groups is 1. The molecular formula is C16H26ClN3O2. The molecule has 1 atom stereocenters. The van der Waals surface area contributed by atoms with Crippen LogP contribution in [0.15, 0.2) is 18.2 Å². The van der Waals surface area contributed by atoms with Crippen LogP contribution in [0.3, 0.4) is 0 Å². The van der Waals surface area contributed by atoms with Crippen molar-refractivity contribution in [2.45, 2.75) is 38.6 Å². The number of hydrogen-bond acceptors (Lipinski definition) is 3. The summed E-state index contributed by atoms with van der Waals surface area (Å²) < 4.78 is 5.16. The molecule has 0 spiro atoms. The van der Waals surface area contributed by atoms with Crippen molar-refractivity contribution in [3.05, 3.63) is 23.8 Å². The van der Waals surface area contributed by atoms with Gasteiger partial charge in [0.05, 0.1) is 7.11 Å². The Hall–Kier alpha value is -1.46. The van der Waals surface area contributed by atoms with E-state index in [-0.39, 0.29) is 18.4 Å². The van der Waals surface area contributed by atoms with Crippen LogP contribution in [-0.4, -0.2) is 32.3 Å². The summed E-state index contributed by atoms with van der Waals surface area (Å²) in [6, 6.07) is 5.83. The van der Waals surface area contributed by atoms with Gasteiger partial charge in [0.15, 0.2) is 0 Å². The first-order valence-corrected chi connectivity index (χ1v) is 7.62. The lowest BCUT2D eigenvalue weighted by Gasteiger charge is -2.17. The molecule has 1 heterocycles. The number of halogens is 1. The summed E-state index contributed by atoms with van der Waals surface area (Å²) in [6.45, 7) is 3.66. The lowest BCUT2D eigenvalue weighted by Crippen LogP contribution is -2.42. The van der Waals surface area contributed by atoms with Crippen LogP contribution >= 0.6 is 12.4 Å². The number of urea groups is 1. The number of rotatable bonds is 4. The van der Waals surface area contributed by atoms with Crippen molar-refractivity contribution >= 4 is 24.1 Å². The SMILES string of the molecule is COc1ccc(NC(=O)NCC2CCCCCN2)c(C)c1.Cl. The van der Waals surface area contributed by atoms with E-state index < -0.39 is 0 Å². The van der Waals surface area contributed by atoms with E-state index >= 15 is 0 Å². The van der Waals surface area contributed by atoms with Gasteiger partial charge >= 0.3 is 6.03 Å². The predicted molar refractivity (Wildman–Crippen MR) is 92.3 cm³/mol. The van der Waals surface area contributed by atoms with Crippen molar-refractivity contribution in [2.75, 3.05) is 25.5 Å². The molecule has 124 valence electrons. The predicted octanol–water partition coefficient (Wildman–Crippen LogP) is 3.08. The lowest BCUT2D eigenvalue weighted by atomic mass is 10.1. The minimum absolute atomic E-state index is 0. The van der Waals surface area contributed by atoms with Gasteiger partial charge in [-0.3, -0.25) is 0 Å². The largest absolute Gasteiger partial charge is 0.497 e. The molecule has 2 amide bonds. The molecule has 1 fully saturated rings. The van der Waals surface area contributed by atoms with E-state index in [1.165, 1.54) is 19.3 Å². The van der Waals surface area contributed by atoms with Crippen molar-refractivity contribution in [3.8, 4) is 5.75 Å². The number of benzene rings is 1. The first-order chi connectivity index (χ1) is 10.2. The number of aryl methyl sites for hydroxylation is 1. The highest BCUT2D eigenvalue weighted by molar-refractivity contribution is 5.90. The van der Waals surface area contributed by atoms with Crippen molar-refractivity contribution < 1.29 is 9.53 Å². The minimum atomic E-state index is -0.158. The molecule has 1 aromatic rings. The molecule has 0 aliphatic carbocycles. The Morgan fingerprint density at radius 3 is 2.91 bits per heavy atom. The van der Waals surface area contributed by atoms with E-state index in [1.54, 1.807) is 7.11 Å². The molecule has 0 aromatic heterocycles. The van der Waals surface area contributed by atoms with Crippen molar-refractivity contribution in [1.82, 2.24) is 10.6 Å². The molecule has 1 aliphatic heterocycles. The fraction of sp³-hybridized carbons (Fsp3) is 0.562. The number of ether oxygens (including phenoxy) is 1. The second-order valence-electron chi connectivity index (χ2n) is 5.52. The highest BCUT2D eigenvalue weighted by atomic mass is 35.5. The maximum atomic E-state index is 12.0. The maximum Gasteiger partial charge on any atom is 0.319 e. The fourth-order valence-electron chi connectivity index (χ4n) is 2.56. The first kappa shape index (κ1) is 18.6. The summed E-state index contributed by atoms with van der Waals surface area (Å²) in [5, 5.41) is 9.29. The van der Waals surface area contributed by atoms with Crippen LogP contribution in [0.1, 0.15) is 31.2 Å². The molecule has 1 unspecified atom stereocenters. The summed E-state index contributed by atoms with van der Waals surface area (Å²) in [5.74, 6) is 0.793. The van der Waals surface area contributed by atoms with Gasteiger partial charge < -0.3 is 20.7 Å². The molecule has 3 N–H and O–H groups in total. The molecule has 1 aromatic carbocycles. The molecule has 1 saturated heterocycles. The Kier molecular flexibility index (Phi) is 8.06. The van der Waals surface area contributed by atoms with E-state index in [4.69, 9.17) is 4.74 Å². The molecule has 0 radical (unpaired) electrons. The van der Waals surface area contributed by atoms with Gasteiger partial charge in [0, 0.05) is 18.3 Å². The van der Waals surface area contributed by atoms with Crippen LogP contribution in [0.4, 0.5) is 10.5 Å². The number of methoxy groups -OCH3 is 1. The summed E-state index contributed by atoms with van der Waals surface area (Å²) in [7, 11) is 1.63. The van der Waals surface area contributed by atoms with Crippen molar-refractivity contribution in [1.29, 1.82) is 0 Å². The van der Waals surface area contributed by atoms with E-state index in [1.807, 2.05) is 25.1 Å². The molecule has 2 rings (SSSR count). The van der Waals surface area contributed by atoms with Crippen LogP contribution in [0.5, 0.6) is 5.75 Å². The van der Waals surface area contributed by atoms with Gasteiger partial charge in [0.25, 0.3) is 0 Å². The Morgan fingerprint density at radius 1 is 1.36 bits per heavy atom. The third-order valence-corrected chi connectivity index (χ3v) is 3.85. The van der Waals surface area contributed by atoms with Gasteiger partial charge in [-0.1, -0.05) is 12.8 Å². The van der Waals surface area contributed by atoms with Crippen LogP contribution in [0.2, 0.25) is 0 Å². The topological polar surface area (TPSA) is 62.4 Å². The molecule has 6 heteroatoms. The number of amides is 2. The average molecular weight is 328 g/mol. The average Bonchev–Trinajstić information content (AvgIpc) is 2.76. The number of carbonyl (C=O) groups excluding carboxylic acids is 1. The van der Waals surface area contributed by atoms with Gasteiger partial charge in [-0.15, -0.1) is 12.4 Å². The highest BCUT2D eigenvalue weighted by Crippen LogP contribution is 2.20. The fourth-order valence-corrected chi connectivity index (χ4v) is 2.56. The lowest BCUT2D eigenvalue weighted by molar-refractivity contribution is 0.250. The number of hydrogen-bond donors (Lipinski definition) is 3. The summed E-state index contributed by atoms with van der Waals surface area (Å²) in [5.41, 5.74) is 1.79. The van der Waals surface area contributed by atoms with Crippen LogP contribution in [-0.2, 0) is 0 Å². The van der Waals surface area contributed by atoms with E-state index in [2.05, 4.69) is 16.0 Å². The zero-order chi connectivity index (χ0) is 15.1. The second-order valence-corrected chi connectivity index (χ2v) is 5.52. The molecule has 0 saturated carbocycles. The first-order valence-electron chi connectivity index (χ1n) is 7.62. The molecule has 1 aliphatic rings. The van der Waals surface area contributed by atoms with Crippen molar-refractivity contribution in [2.24, 2.45) is 0 Å². The maximum absolute atomic E-state index is 12.0. The summed E-state index contributed by atoms with van der Waals surface area (Å²) in [6.07, 6.45) is 4.87. The van der Waals surface area contributed by atoms with Gasteiger partial charge in [-0.05, 0) is 50.1 Å². The number of nitrogens with one attached hydrogen (secondary N) is 3.